The fourth-order valence-corrected chi connectivity index (χ4v) is 2.85. The van der Waals surface area contributed by atoms with Crippen LogP contribution >= 0.6 is 11.3 Å². The van der Waals surface area contributed by atoms with Gasteiger partial charge in [0.05, 0.1) is 0 Å². The molecule has 4 heteroatoms. The quantitative estimate of drug-likeness (QED) is 0.811. The second-order valence-electron chi connectivity index (χ2n) is 5.30. The van der Waals surface area contributed by atoms with Gasteiger partial charge in [-0.25, -0.2) is 4.39 Å². The highest BCUT2D eigenvalue weighted by atomic mass is 32.1. The standard InChI is InChI=1S/C17H22FNOS/c1-4-15-6-7-16(21-15)11-20-17-8-5-14(18)9-13(17)10-19-12(2)3/h5-9,12,19H,4,10-11H2,1-3H3. The molecule has 1 aromatic carbocycles. The SMILES string of the molecule is CCc1ccc(COc2ccc(F)cc2CNC(C)C)s1. The van der Waals surface area contributed by atoms with Crippen LogP contribution in [0.4, 0.5) is 4.39 Å². The molecule has 0 unspecified atom stereocenters. The van der Waals surface area contributed by atoms with Crippen LogP contribution in [0.2, 0.25) is 0 Å². The molecule has 1 N–H and O–H groups in total. The van der Waals surface area contributed by atoms with E-state index in [1.807, 2.05) is 0 Å². The second-order valence-corrected chi connectivity index (χ2v) is 6.55. The van der Waals surface area contributed by atoms with E-state index in [9.17, 15) is 4.39 Å². The number of thiophene rings is 1. The van der Waals surface area contributed by atoms with Crippen LogP contribution in [0.15, 0.2) is 30.3 Å². The van der Waals surface area contributed by atoms with Crippen LogP contribution in [0.25, 0.3) is 0 Å². The molecule has 1 aromatic heterocycles. The summed E-state index contributed by atoms with van der Waals surface area (Å²) in [4.78, 5) is 2.55. The van der Waals surface area contributed by atoms with E-state index in [2.05, 4.69) is 38.2 Å². The molecular weight excluding hydrogens is 285 g/mol. The summed E-state index contributed by atoms with van der Waals surface area (Å²) in [5.41, 5.74) is 0.857. The maximum Gasteiger partial charge on any atom is 0.124 e. The summed E-state index contributed by atoms with van der Waals surface area (Å²) in [6.45, 7) is 7.42. The third kappa shape index (κ3) is 4.83. The van der Waals surface area contributed by atoms with Gasteiger partial charge in [0.15, 0.2) is 0 Å². The summed E-state index contributed by atoms with van der Waals surface area (Å²) in [6.07, 6.45) is 1.05. The van der Waals surface area contributed by atoms with Crippen molar-refractivity contribution in [3.05, 3.63) is 51.5 Å². The molecule has 21 heavy (non-hydrogen) atoms. The summed E-state index contributed by atoms with van der Waals surface area (Å²) in [7, 11) is 0. The maximum atomic E-state index is 13.4. The Kier molecular flexibility index (Phi) is 5.76. The first-order valence-electron chi connectivity index (χ1n) is 7.30. The molecule has 0 radical (unpaired) electrons. The highest BCUT2D eigenvalue weighted by Gasteiger charge is 2.07. The van der Waals surface area contributed by atoms with Gasteiger partial charge in [0.1, 0.15) is 18.2 Å². The molecule has 0 bridgehead atoms. The lowest BCUT2D eigenvalue weighted by atomic mass is 10.2. The molecule has 0 atom stereocenters. The Bertz CT molecular complexity index is 580. The van der Waals surface area contributed by atoms with Gasteiger partial charge in [-0.1, -0.05) is 20.8 Å². The molecule has 2 nitrogen and oxygen atoms in total. The number of benzene rings is 1. The normalized spacial score (nSPS) is 11.1. The predicted octanol–water partition coefficient (Wildman–Crippen LogP) is 4.53. The van der Waals surface area contributed by atoms with Gasteiger partial charge < -0.3 is 10.1 Å². The number of hydrogen-bond acceptors (Lipinski definition) is 3. The van der Waals surface area contributed by atoms with Crippen molar-refractivity contribution in [2.45, 2.75) is 46.4 Å². The molecule has 1 heterocycles. The van der Waals surface area contributed by atoms with Crippen LogP contribution in [0.3, 0.4) is 0 Å². The molecule has 114 valence electrons. The van der Waals surface area contributed by atoms with Crippen molar-refractivity contribution in [1.82, 2.24) is 5.32 Å². The van der Waals surface area contributed by atoms with Gasteiger partial charge in [-0.05, 0) is 36.8 Å². The van der Waals surface area contributed by atoms with E-state index in [1.165, 1.54) is 21.9 Å². The summed E-state index contributed by atoms with van der Waals surface area (Å²) in [6, 6.07) is 9.27. The molecular formula is C17H22FNOS. The Morgan fingerprint density at radius 3 is 2.62 bits per heavy atom. The zero-order valence-corrected chi connectivity index (χ0v) is 13.6. The zero-order valence-electron chi connectivity index (χ0n) is 12.8. The van der Waals surface area contributed by atoms with Crippen molar-refractivity contribution in [1.29, 1.82) is 0 Å². The molecule has 0 aliphatic heterocycles. The van der Waals surface area contributed by atoms with Crippen molar-refractivity contribution in [3.8, 4) is 5.75 Å². The summed E-state index contributed by atoms with van der Waals surface area (Å²) >= 11 is 1.76. The number of nitrogens with one attached hydrogen (secondary N) is 1. The molecule has 0 amide bonds. The minimum absolute atomic E-state index is 0.229. The first kappa shape index (κ1) is 16.0. The first-order valence-corrected chi connectivity index (χ1v) is 8.12. The smallest absolute Gasteiger partial charge is 0.124 e. The van der Waals surface area contributed by atoms with Crippen LogP contribution in [-0.2, 0) is 19.6 Å². The van der Waals surface area contributed by atoms with Crippen LogP contribution < -0.4 is 10.1 Å². The van der Waals surface area contributed by atoms with Gasteiger partial charge in [-0.3, -0.25) is 0 Å². The third-order valence-electron chi connectivity index (χ3n) is 3.16. The average molecular weight is 307 g/mol. The van der Waals surface area contributed by atoms with Gasteiger partial charge >= 0.3 is 0 Å². The zero-order chi connectivity index (χ0) is 15.2. The van der Waals surface area contributed by atoms with E-state index in [1.54, 1.807) is 17.4 Å². The third-order valence-corrected chi connectivity index (χ3v) is 4.36. The van der Waals surface area contributed by atoms with E-state index in [4.69, 9.17) is 4.74 Å². The Labute approximate surface area is 130 Å². The Morgan fingerprint density at radius 2 is 1.95 bits per heavy atom. The van der Waals surface area contributed by atoms with Crippen LogP contribution in [0.1, 0.15) is 36.1 Å². The van der Waals surface area contributed by atoms with Gasteiger partial charge in [0, 0.05) is 27.9 Å². The van der Waals surface area contributed by atoms with Crippen molar-refractivity contribution in [3.63, 3.8) is 0 Å². The number of hydrogen-bond donors (Lipinski definition) is 1. The average Bonchev–Trinajstić information content (AvgIpc) is 2.92. The lowest BCUT2D eigenvalue weighted by molar-refractivity contribution is 0.304. The topological polar surface area (TPSA) is 21.3 Å². The van der Waals surface area contributed by atoms with Crippen LogP contribution in [0.5, 0.6) is 5.75 Å². The van der Waals surface area contributed by atoms with Crippen molar-refractivity contribution in [2.24, 2.45) is 0 Å². The van der Waals surface area contributed by atoms with Crippen molar-refractivity contribution >= 4 is 11.3 Å². The molecule has 0 aliphatic rings. The van der Waals surface area contributed by atoms with E-state index >= 15 is 0 Å². The minimum Gasteiger partial charge on any atom is -0.488 e. The monoisotopic (exact) mass is 307 g/mol. The molecule has 0 saturated heterocycles. The second kappa shape index (κ2) is 7.57. The van der Waals surface area contributed by atoms with Crippen LogP contribution in [0, 0.1) is 5.82 Å². The molecule has 2 rings (SSSR count). The Hall–Kier alpha value is -1.39. The van der Waals surface area contributed by atoms with E-state index in [0.717, 1.165) is 17.7 Å². The summed E-state index contributed by atoms with van der Waals surface area (Å²) in [5, 5.41) is 3.30. The Balaban J connectivity index is 2.04. The fraction of sp³-hybridized carbons (Fsp3) is 0.412. The van der Waals surface area contributed by atoms with E-state index in [0.29, 0.717) is 19.2 Å². The minimum atomic E-state index is -0.229. The van der Waals surface area contributed by atoms with Gasteiger partial charge in [0.25, 0.3) is 0 Å². The number of ether oxygens (including phenoxy) is 1. The van der Waals surface area contributed by atoms with E-state index < -0.39 is 0 Å². The molecule has 0 fully saturated rings. The number of aryl methyl sites for hydroxylation is 1. The lowest BCUT2D eigenvalue weighted by Gasteiger charge is -2.13. The molecule has 0 spiro atoms. The molecule has 0 aliphatic carbocycles. The summed E-state index contributed by atoms with van der Waals surface area (Å²) in [5.74, 6) is 0.517. The highest BCUT2D eigenvalue weighted by Crippen LogP contribution is 2.23. The lowest BCUT2D eigenvalue weighted by Crippen LogP contribution is -2.22. The van der Waals surface area contributed by atoms with Gasteiger partial charge in [-0.15, -0.1) is 11.3 Å². The van der Waals surface area contributed by atoms with Crippen LogP contribution in [-0.4, -0.2) is 6.04 Å². The summed E-state index contributed by atoms with van der Waals surface area (Å²) < 4.78 is 19.3. The highest BCUT2D eigenvalue weighted by molar-refractivity contribution is 7.11. The predicted molar refractivity (Wildman–Crippen MR) is 86.4 cm³/mol. The van der Waals surface area contributed by atoms with Gasteiger partial charge in [0.2, 0.25) is 0 Å². The fourth-order valence-electron chi connectivity index (χ4n) is 1.98. The number of halogens is 1. The van der Waals surface area contributed by atoms with Gasteiger partial charge in [-0.2, -0.15) is 0 Å². The van der Waals surface area contributed by atoms with Crippen molar-refractivity contribution < 1.29 is 9.13 Å². The molecule has 0 saturated carbocycles. The largest absolute Gasteiger partial charge is 0.488 e. The maximum absolute atomic E-state index is 13.4. The van der Waals surface area contributed by atoms with E-state index in [-0.39, 0.29) is 5.82 Å². The molecule has 2 aromatic rings. The number of rotatable bonds is 7. The van der Waals surface area contributed by atoms with Crippen molar-refractivity contribution in [2.75, 3.05) is 0 Å². The first-order chi connectivity index (χ1) is 10.1. The Morgan fingerprint density at radius 1 is 1.19 bits per heavy atom.